The van der Waals surface area contributed by atoms with Crippen LogP contribution in [0.3, 0.4) is 0 Å². The molecule has 1 amide bonds. The fraction of sp³-hybridized carbons (Fsp3) is 0.625. The quantitative estimate of drug-likeness (QED) is 0.619. The SMILES string of the molecule is C[C@H](Sc1nnc(N2CCOCC2)n1-c1cccc(F)c1)C(=O)N[C@H](C)[C@@H]1C[C@H]2CC[C@H]1C2. The number of halogens is 1. The first-order chi connectivity index (χ1) is 16.0. The van der Waals surface area contributed by atoms with Crippen LogP contribution in [0.5, 0.6) is 0 Å². The number of rotatable bonds is 7. The molecule has 1 N–H and O–H groups in total. The summed E-state index contributed by atoms with van der Waals surface area (Å²) in [5, 5.41) is 12.3. The average molecular weight is 474 g/mol. The molecule has 5 rings (SSSR count). The zero-order chi connectivity index (χ0) is 22.9. The molecule has 0 spiro atoms. The molecule has 178 valence electrons. The molecular weight excluding hydrogens is 441 g/mol. The highest BCUT2D eigenvalue weighted by atomic mass is 32.2. The van der Waals surface area contributed by atoms with Crippen LogP contribution in [-0.4, -0.2) is 58.3 Å². The molecule has 3 fully saturated rings. The summed E-state index contributed by atoms with van der Waals surface area (Å²) in [6.07, 6.45) is 5.23. The van der Waals surface area contributed by atoms with E-state index in [0.29, 0.717) is 49.0 Å². The van der Waals surface area contributed by atoms with Crippen LogP contribution in [0.2, 0.25) is 0 Å². The smallest absolute Gasteiger partial charge is 0.233 e. The Morgan fingerprint density at radius 3 is 2.73 bits per heavy atom. The van der Waals surface area contributed by atoms with Crippen molar-refractivity contribution in [2.45, 2.75) is 56.0 Å². The summed E-state index contributed by atoms with van der Waals surface area (Å²) < 4.78 is 21.4. The van der Waals surface area contributed by atoms with Crippen LogP contribution >= 0.6 is 11.8 Å². The van der Waals surface area contributed by atoms with Crippen molar-refractivity contribution in [3.8, 4) is 5.69 Å². The average Bonchev–Trinajstić information content (AvgIpc) is 3.55. The molecule has 33 heavy (non-hydrogen) atoms. The van der Waals surface area contributed by atoms with Gasteiger partial charge in [-0.25, -0.2) is 4.39 Å². The van der Waals surface area contributed by atoms with E-state index in [9.17, 15) is 9.18 Å². The zero-order valence-electron chi connectivity index (χ0n) is 19.2. The Bertz CT molecular complexity index is 995. The maximum atomic E-state index is 14.1. The molecular formula is C24H32FN5O2S. The Labute approximate surface area is 198 Å². The van der Waals surface area contributed by atoms with E-state index in [4.69, 9.17) is 4.74 Å². The molecule has 3 aliphatic rings. The lowest BCUT2D eigenvalue weighted by Crippen LogP contribution is -2.43. The summed E-state index contributed by atoms with van der Waals surface area (Å²) >= 11 is 1.36. The Kier molecular flexibility index (Phi) is 6.60. The van der Waals surface area contributed by atoms with E-state index in [2.05, 4.69) is 27.3 Å². The monoisotopic (exact) mass is 473 g/mol. The number of carbonyl (C=O) groups excluding carboxylic acids is 1. The fourth-order valence-electron chi connectivity index (χ4n) is 5.71. The van der Waals surface area contributed by atoms with Crippen molar-refractivity contribution < 1.29 is 13.9 Å². The van der Waals surface area contributed by atoms with Crippen molar-refractivity contribution in [2.75, 3.05) is 31.2 Å². The summed E-state index contributed by atoms with van der Waals surface area (Å²) in [4.78, 5) is 15.1. The number of ether oxygens (including phenoxy) is 1. The van der Waals surface area contributed by atoms with Crippen molar-refractivity contribution in [1.29, 1.82) is 0 Å². The van der Waals surface area contributed by atoms with Gasteiger partial charge in [0.1, 0.15) is 5.82 Å². The maximum absolute atomic E-state index is 14.1. The molecule has 2 saturated carbocycles. The Morgan fingerprint density at radius 2 is 2.03 bits per heavy atom. The standard InChI is InChI=1S/C24H32FN5O2S/c1-15(21-13-17-6-7-18(21)12-17)26-22(31)16(2)33-24-28-27-23(29-8-10-32-11-9-29)30(24)20-5-3-4-19(25)14-20/h3-5,14-18,21H,6-13H2,1-2H3,(H,26,31)/t15-,16+,17+,18+,21+/m1/s1. The van der Waals surface area contributed by atoms with E-state index in [1.807, 2.05) is 17.6 Å². The number of hydrogen-bond acceptors (Lipinski definition) is 6. The number of carbonyl (C=O) groups is 1. The van der Waals surface area contributed by atoms with Crippen LogP contribution in [0.25, 0.3) is 5.69 Å². The number of thioether (sulfide) groups is 1. The van der Waals surface area contributed by atoms with E-state index in [1.54, 1.807) is 6.07 Å². The summed E-state index contributed by atoms with van der Waals surface area (Å²) in [5.74, 6) is 2.55. The molecule has 1 saturated heterocycles. The lowest BCUT2D eigenvalue weighted by atomic mass is 9.84. The van der Waals surface area contributed by atoms with Crippen LogP contribution in [0.1, 0.15) is 39.5 Å². The minimum absolute atomic E-state index is 0.0111. The molecule has 2 bridgehead atoms. The lowest BCUT2D eigenvalue weighted by Gasteiger charge is -2.29. The molecule has 7 nitrogen and oxygen atoms in total. The second-order valence-corrected chi connectivity index (χ2v) is 10.9. The number of nitrogens with zero attached hydrogens (tertiary/aromatic N) is 4. The summed E-state index contributed by atoms with van der Waals surface area (Å²) in [6.45, 7) is 6.64. The number of benzene rings is 1. The van der Waals surface area contributed by atoms with Crippen LogP contribution in [0.4, 0.5) is 10.3 Å². The van der Waals surface area contributed by atoms with Gasteiger partial charge in [0.15, 0.2) is 5.16 Å². The van der Waals surface area contributed by atoms with Gasteiger partial charge in [0, 0.05) is 19.1 Å². The summed E-state index contributed by atoms with van der Waals surface area (Å²) in [6, 6.07) is 6.58. The van der Waals surface area contributed by atoms with Crippen molar-refractivity contribution in [3.05, 3.63) is 30.1 Å². The van der Waals surface area contributed by atoms with Gasteiger partial charge in [-0.05, 0) is 69.1 Å². The van der Waals surface area contributed by atoms with Crippen molar-refractivity contribution in [2.24, 2.45) is 17.8 Å². The molecule has 1 aliphatic heterocycles. The second-order valence-electron chi connectivity index (χ2n) is 9.59. The third-order valence-corrected chi connectivity index (χ3v) is 8.48. The molecule has 0 radical (unpaired) electrons. The predicted molar refractivity (Wildman–Crippen MR) is 126 cm³/mol. The number of hydrogen-bond donors (Lipinski definition) is 1. The van der Waals surface area contributed by atoms with E-state index >= 15 is 0 Å². The van der Waals surface area contributed by atoms with Gasteiger partial charge in [-0.2, -0.15) is 0 Å². The predicted octanol–water partition coefficient (Wildman–Crippen LogP) is 3.66. The molecule has 2 aromatic rings. The highest BCUT2D eigenvalue weighted by Crippen LogP contribution is 2.49. The molecule has 2 heterocycles. The van der Waals surface area contributed by atoms with Gasteiger partial charge < -0.3 is 15.0 Å². The van der Waals surface area contributed by atoms with Gasteiger partial charge in [0.05, 0.1) is 24.2 Å². The largest absolute Gasteiger partial charge is 0.378 e. The van der Waals surface area contributed by atoms with Crippen molar-refractivity contribution in [3.63, 3.8) is 0 Å². The van der Waals surface area contributed by atoms with Gasteiger partial charge in [0.25, 0.3) is 0 Å². The second kappa shape index (κ2) is 9.62. The number of nitrogens with one attached hydrogen (secondary N) is 1. The highest BCUT2D eigenvalue weighted by Gasteiger charge is 2.42. The molecule has 5 atom stereocenters. The number of morpholine rings is 1. The molecule has 2 aliphatic carbocycles. The Morgan fingerprint density at radius 1 is 1.21 bits per heavy atom. The third-order valence-electron chi connectivity index (χ3n) is 7.43. The molecule has 1 aromatic carbocycles. The van der Waals surface area contributed by atoms with Crippen LogP contribution < -0.4 is 10.2 Å². The van der Waals surface area contributed by atoms with Crippen LogP contribution in [0, 0.1) is 23.6 Å². The lowest BCUT2D eigenvalue weighted by molar-refractivity contribution is -0.121. The molecule has 0 unspecified atom stereocenters. The summed E-state index contributed by atoms with van der Waals surface area (Å²) in [5.41, 5.74) is 0.645. The van der Waals surface area contributed by atoms with E-state index in [0.717, 1.165) is 11.8 Å². The first-order valence-corrected chi connectivity index (χ1v) is 12.9. The van der Waals surface area contributed by atoms with Crippen LogP contribution in [0.15, 0.2) is 29.4 Å². The van der Waals surface area contributed by atoms with E-state index in [1.165, 1.54) is 49.6 Å². The van der Waals surface area contributed by atoms with Gasteiger partial charge in [-0.1, -0.05) is 24.2 Å². The van der Waals surface area contributed by atoms with Gasteiger partial charge in [-0.3, -0.25) is 9.36 Å². The minimum atomic E-state index is -0.347. The first kappa shape index (κ1) is 22.7. The van der Waals surface area contributed by atoms with Gasteiger partial charge in [-0.15, -0.1) is 10.2 Å². The number of anilines is 1. The molecule has 1 aromatic heterocycles. The maximum Gasteiger partial charge on any atom is 0.233 e. The van der Waals surface area contributed by atoms with Crippen molar-refractivity contribution in [1.82, 2.24) is 20.1 Å². The topological polar surface area (TPSA) is 72.3 Å². The Balaban J connectivity index is 1.32. The normalized spacial score (nSPS) is 26.4. The first-order valence-electron chi connectivity index (χ1n) is 12.0. The minimum Gasteiger partial charge on any atom is -0.378 e. The van der Waals surface area contributed by atoms with Gasteiger partial charge >= 0.3 is 0 Å². The molecule has 9 heteroatoms. The number of amides is 1. The zero-order valence-corrected chi connectivity index (χ0v) is 20.1. The highest BCUT2D eigenvalue weighted by molar-refractivity contribution is 8.00. The summed E-state index contributed by atoms with van der Waals surface area (Å²) in [7, 11) is 0. The van der Waals surface area contributed by atoms with E-state index in [-0.39, 0.29) is 23.0 Å². The van der Waals surface area contributed by atoms with E-state index < -0.39 is 0 Å². The van der Waals surface area contributed by atoms with Gasteiger partial charge in [0.2, 0.25) is 11.9 Å². The van der Waals surface area contributed by atoms with Crippen molar-refractivity contribution >= 4 is 23.6 Å². The third kappa shape index (κ3) is 4.75. The fourth-order valence-corrected chi connectivity index (χ4v) is 6.59. The van der Waals surface area contributed by atoms with Crippen LogP contribution in [-0.2, 0) is 9.53 Å². The number of aromatic nitrogens is 3. The Hall–Kier alpha value is -2.13. The number of fused-ring (bicyclic) bond motifs is 2.